The van der Waals surface area contributed by atoms with Crippen LogP contribution in [0, 0.1) is 0 Å². The van der Waals surface area contributed by atoms with Crippen molar-refractivity contribution in [3.8, 4) is 0 Å². The largest absolute Gasteiger partial charge is 0.463 e. The summed E-state index contributed by atoms with van der Waals surface area (Å²) in [6.45, 7) is -10.8. The summed E-state index contributed by atoms with van der Waals surface area (Å²) < 4.78 is 83.8. The minimum Gasteiger partial charge on any atom is -0.463 e. The number of rotatable bonds is 5. The molecule has 5 nitrogen and oxygen atoms in total. The summed E-state index contributed by atoms with van der Waals surface area (Å²) in [7, 11) is 0. The van der Waals surface area contributed by atoms with E-state index in [1.54, 1.807) is 0 Å². The van der Waals surface area contributed by atoms with Crippen LogP contribution in [0.15, 0.2) is 40.7 Å². The Labute approximate surface area is 177 Å². The third-order valence-corrected chi connectivity index (χ3v) is 4.61. The van der Waals surface area contributed by atoms with Crippen molar-refractivity contribution in [1.29, 1.82) is 0 Å². The van der Waals surface area contributed by atoms with Gasteiger partial charge in [0.2, 0.25) is 0 Å². The molecule has 0 saturated heterocycles. The molecule has 0 radical (unpaired) electrons. The Morgan fingerprint density at radius 2 is 1.65 bits per heavy atom. The highest BCUT2D eigenvalue weighted by Gasteiger charge is 2.39. The van der Waals surface area contributed by atoms with Gasteiger partial charge in [-0.3, -0.25) is 0 Å². The van der Waals surface area contributed by atoms with E-state index in [1.807, 2.05) is 0 Å². The van der Waals surface area contributed by atoms with Crippen LogP contribution in [0.25, 0.3) is 0 Å². The molecule has 1 aliphatic heterocycles. The van der Waals surface area contributed by atoms with Gasteiger partial charge < -0.3 is 14.8 Å². The number of esters is 2. The highest BCUT2D eigenvalue weighted by atomic mass is 35.5. The molecule has 1 aromatic carbocycles. The zero-order valence-electron chi connectivity index (χ0n) is 23.7. The summed E-state index contributed by atoms with van der Waals surface area (Å²) in [5, 5.41) is 2.54. The van der Waals surface area contributed by atoms with E-state index >= 15 is 0 Å². The predicted octanol–water partition coefficient (Wildman–Crippen LogP) is 4.35. The van der Waals surface area contributed by atoms with E-state index < -0.39 is 55.8 Å². The summed E-state index contributed by atoms with van der Waals surface area (Å²) in [5.74, 6) is -4.48. The lowest BCUT2D eigenvalue weighted by molar-refractivity contribution is -0.139. The second-order valence-electron chi connectivity index (χ2n) is 5.26. The molecular weight excluding hydrogens is 377 g/mol. The molecule has 0 spiro atoms. The zero-order chi connectivity index (χ0) is 28.0. The van der Waals surface area contributed by atoms with Gasteiger partial charge in [0, 0.05) is 19.6 Å². The maximum absolute atomic E-state index is 13.1. The maximum atomic E-state index is 13.1. The molecule has 2 rings (SSSR count). The molecule has 0 atom stereocenters. The van der Waals surface area contributed by atoms with E-state index in [-0.39, 0.29) is 27.0 Å². The van der Waals surface area contributed by atoms with Crippen molar-refractivity contribution in [3.05, 3.63) is 56.3 Å². The number of dihydropyridines is 1. The Morgan fingerprint density at radius 1 is 1.12 bits per heavy atom. The third-order valence-electron chi connectivity index (χ3n) is 3.78. The van der Waals surface area contributed by atoms with Crippen LogP contribution >= 0.6 is 23.2 Å². The quantitative estimate of drug-likeness (QED) is 0.734. The van der Waals surface area contributed by atoms with Crippen LogP contribution in [0.3, 0.4) is 0 Å². The van der Waals surface area contributed by atoms with Crippen molar-refractivity contribution in [1.82, 2.24) is 5.32 Å². The zero-order valence-corrected chi connectivity index (χ0v) is 15.2. The number of halogens is 2. The summed E-state index contributed by atoms with van der Waals surface area (Å²) in [5.41, 5.74) is -0.865. The first-order valence-corrected chi connectivity index (χ1v) is 7.97. The lowest BCUT2D eigenvalue weighted by Gasteiger charge is -2.31. The summed E-state index contributed by atoms with van der Waals surface area (Å²) in [4.78, 5) is 26.3. The molecule has 26 heavy (non-hydrogen) atoms. The highest BCUT2D eigenvalue weighted by molar-refractivity contribution is 6.42. The molecule has 1 aromatic rings. The smallest absolute Gasteiger partial charge is 0.336 e. The number of benzene rings is 1. The molecule has 0 aromatic heterocycles. The predicted molar refractivity (Wildman–Crippen MR) is 101 cm³/mol. The minimum absolute atomic E-state index is 0.000849. The number of hydrogen-bond acceptors (Lipinski definition) is 5. The summed E-state index contributed by atoms with van der Waals surface area (Å²) >= 11 is 12.5. The second-order valence-corrected chi connectivity index (χ2v) is 6.05. The average Bonchev–Trinajstić information content (AvgIpc) is 2.66. The minimum atomic E-state index is -3.42. The number of carbonyl (C=O) groups is 2. The maximum Gasteiger partial charge on any atom is 0.336 e. The van der Waals surface area contributed by atoms with Gasteiger partial charge in [0.05, 0.1) is 45.7 Å². The average molecular weight is 408 g/mol. The van der Waals surface area contributed by atoms with Crippen LogP contribution in [0.4, 0.5) is 0 Å². The summed E-state index contributed by atoms with van der Waals surface area (Å²) in [6, 6.07) is 4.19. The standard InChI is InChI=1S/C19H21Cl2NO4/c1-5-25-18(23)14-10(3)22-11(4)15(19(24)26-6-2)16(14)12-8-7-9-13(20)17(12)21/h7-9,16,22H,5-6H2,1-4H3/i1D3,2D3,5D2,6D2. The van der Waals surface area contributed by atoms with Crippen molar-refractivity contribution in [2.75, 3.05) is 13.1 Å². The van der Waals surface area contributed by atoms with Gasteiger partial charge in [0.25, 0.3) is 0 Å². The van der Waals surface area contributed by atoms with Gasteiger partial charge in [0.15, 0.2) is 0 Å². The molecular formula is C19H21Cl2NO4. The topological polar surface area (TPSA) is 64.6 Å². The van der Waals surface area contributed by atoms with E-state index in [4.69, 9.17) is 36.9 Å². The van der Waals surface area contributed by atoms with Gasteiger partial charge >= 0.3 is 11.9 Å². The Balaban J connectivity index is 2.73. The molecule has 0 amide bonds. The van der Waals surface area contributed by atoms with E-state index in [9.17, 15) is 9.59 Å². The second kappa shape index (κ2) is 8.60. The van der Waals surface area contributed by atoms with Crippen LogP contribution in [0.1, 0.15) is 52.7 Å². The number of ether oxygens (including phenoxy) is 2. The van der Waals surface area contributed by atoms with Crippen molar-refractivity contribution in [2.45, 2.75) is 33.5 Å². The SMILES string of the molecule is [2H]C([2H])([2H])C([2H])([2H])OC(=O)C1=C(C)NC(C)=C(C(=O)OC([2H])([2H])C([2H])([2H])[2H])C1c1cccc(Cl)c1Cl. The van der Waals surface area contributed by atoms with Crippen LogP contribution in [-0.2, 0) is 19.1 Å². The molecule has 0 bridgehead atoms. The number of hydrogen-bond donors (Lipinski definition) is 1. The fraction of sp³-hybridized carbons (Fsp3) is 0.368. The fourth-order valence-corrected chi connectivity index (χ4v) is 3.21. The molecule has 140 valence electrons. The first-order valence-electron chi connectivity index (χ1n) is 12.2. The van der Waals surface area contributed by atoms with Gasteiger partial charge in [-0.2, -0.15) is 0 Å². The molecule has 0 unspecified atom stereocenters. The normalized spacial score (nSPS) is 22.8. The molecule has 7 heteroatoms. The van der Waals surface area contributed by atoms with Crippen molar-refractivity contribution < 1.29 is 32.8 Å². The van der Waals surface area contributed by atoms with Crippen molar-refractivity contribution >= 4 is 35.1 Å². The van der Waals surface area contributed by atoms with Gasteiger partial charge in [-0.05, 0) is 39.2 Å². The summed E-state index contributed by atoms with van der Waals surface area (Å²) in [6.07, 6.45) is 0. The molecule has 0 fully saturated rings. The lowest BCUT2D eigenvalue weighted by Crippen LogP contribution is -2.32. The van der Waals surface area contributed by atoms with Gasteiger partial charge in [-0.15, -0.1) is 0 Å². The van der Waals surface area contributed by atoms with Gasteiger partial charge in [0.1, 0.15) is 0 Å². The molecule has 1 aliphatic rings. The number of carbonyl (C=O) groups excluding carboxylic acids is 2. The molecule has 0 aliphatic carbocycles. The van der Waals surface area contributed by atoms with E-state index in [0.29, 0.717) is 0 Å². The van der Waals surface area contributed by atoms with Gasteiger partial charge in [-0.1, -0.05) is 35.3 Å². The molecule has 1 N–H and O–H groups in total. The van der Waals surface area contributed by atoms with Crippen molar-refractivity contribution in [3.63, 3.8) is 0 Å². The number of nitrogens with one attached hydrogen (secondary N) is 1. The Kier molecular flexibility index (Phi) is 3.43. The van der Waals surface area contributed by atoms with E-state index in [1.165, 1.54) is 32.0 Å². The third kappa shape index (κ3) is 3.89. The molecule has 1 heterocycles. The van der Waals surface area contributed by atoms with Crippen LogP contribution < -0.4 is 5.32 Å². The first-order chi connectivity index (χ1) is 16.1. The van der Waals surface area contributed by atoms with Gasteiger partial charge in [-0.25, -0.2) is 9.59 Å². The van der Waals surface area contributed by atoms with Crippen LogP contribution in [-0.4, -0.2) is 25.1 Å². The highest BCUT2D eigenvalue weighted by Crippen LogP contribution is 2.43. The monoisotopic (exact) mass is 407 g/mol. The fourth-order valence-electron chi connectivity index (χ4n) is 2.79. The number of allylic oxidation sites excluding steroid dienone is 2. The van der Waals surface area contributed by atoms with E-state index in [0.717, 1.165) is 0 Å². The lowest BCUT2D eigenvalue weighted by atomic mass is 9.80. The first kappa shape index (κ1) is 10.4. The Hall–Kier alpha value is -1.98. The van der Waals surface area contributed by atoms with Crippen molar-refractivity contribution in [2.24, 2.45) is 0 Å². The Bertz CT molecular complexity index is 1080. The van der Waals surface area contributed by atoms with Crippen LogP contribution in [0.2, 0.25) is 10.0 Å². The molecule has 0 saturated carbocycles. The Morgan fingerprint density at radius 3 is 2.15 bits per heavy atom. The van der Waals surface area contributed by atoms with Crippen LogP contribution in [0.5, 0.6) is 0 Å². The van der Waals surface area contributed by atoms with E-state index in [2.05, 4.69) is 14.8 Å².